The summed E-state index contributed by atoms with van der Waals surface area (Å²) < 4.78 is 10.9. The van der Waals surface area contributed by atoms with E-state index in [2.05, 4.69) is 0 Å². The third-order valence-electron chi connectivity index (χ3n) is 5.37. The molecule has 2 atom stereocenters. The van der Waals surface area contributed by atoms with Gasteiger partial charge in [0.15, 0.2) is 0 Å². The van der Waals surface area contributed by atoms with E-state index in [4.69, 9.17) is 9.47 Å². The van der Waals surface area contributed by atoms with Crippen LogP contribution in [0.2, 0.25) is 0 Å². The second-order valence-electron chi connectivity index (χ2n) is 6.38. The lowest BCUT2D eigenvalue weighted by Gasteiger charge is -2.34. The number of rotatable bonds is 2. The highest BCUT2D eigenvalue weighted by atomic mass is 16.6. The molecule has 1 aliphatic carbocycles. The molecule has 0 N–H and O–H groups in total. The molecule has 1 heterocycles. The second-order valence-corrected chi connectivity index (χ2v) is 6.38. The number of fused-ring (bicyclic) bond motifs is 2. The van der Waals surface area contributed by atoms with Crippen LogP contribution in [0.25, 0.3) is 0 Å². The highest BCUT2D eigenvalue weighted by Crippen LogP contribution is 2.65. The molecule has 0 aromatic heterocycles. The van der Waals surface area contributed by atoms with Crippen molar-refractivity contribution >= 4 is 11.9 Å². The molecular formula is C16H18O4. The minimum Gasteiger partial charge on any atom is -0.446 e. The van der Waals surface area contributed by atoms with Crippen LogP contribution >= 0.6 is 0 Å². The molecule has 106 valence electrons. The number of benzene rings is 1. The number of para-hydroxylation sites is 1. The molecule has 1 aromatic rings. The molecule has 4 nitrogen and oxygen atoms in total. The van der Waals surface area contributed by atoms with Gasteiger partial charge in [-0.05, 0) is 31.9 Å². The van der Waals surface area contributed by atoms with E-state index in [0.717, 1.165) is 0 Å². The second kappa shape index (κ2) is 3.84. The van der Waals surface area contributed by atoms with Gasteiger partial charge in [-0.25, -0.2) is 4.79 Å². The average molecular weight is 274 g/mol. The quantitative estimate of drug-likeness (QED) is 0.614. The van der Waals surface area contributed by atoms with Gasteiger partial charge in [-0.15, -0.1) is 0 Å². The molecule has 2 aliphatic rings. The van der Waals surface area contributed by atoms with Gasteiger partial charge in [0.25, 0.3) is 0 Å². The normalized spacial score (nSPS) is 33.9. The average Bonchev–Trinajstić information content (AvgIpc) is 2.70. The van der Waals surface area contributed by atoms with Crippen molar-refractivity contribution < 1.29 is 19.1 Å². The van der Waals surface area contributed by atoms with Crippen LogP contribution in [0.3, 0.4) is 0 Å². The maximum absolute atomic E-state index is 12.6. The van der Waals surface area contributed by atoms with Gasteiger partial charge in [-0.1, -0.05) is 32.0 Å². The fourth-order valence-electron chi connectivity index (χ4n) is 3.38. The molecule has 1 saturated carbocycles. The van der Waals surface area contributed by atoms with Crippen LogP contribution in [0.5, 0.6) is 5.75 Å². The summed E-state index contributed by atoms with van der Waals surface area (Å²) in [7, 11) is 0. The molecule has 3 rings (SSSR count). The van der Waals surface area contributed by atoms with E-state index in [0.29, 0.717) is 18.6 Å². The predicted octanol–water partition coefficient (Wildman–Crippen LogP) is 2.71. The first-order chi connectivity index (χ1) is 9.33. The van der Waals surface area contributed by atoms with Gasteiger partial charge in [0.1, 0.15) is 5.75 Å². The van der Waals surface area contributed by atoms with Crippen molar-refractivity contribution in [3.8, 4) is 5.75 Å². The smallest absolute Gasteiger partial charge is 0.356 e. The van der Waals surface area contributed by atoms with E-state index in [9.17, 15) is 9.59 Å². The van der Waals surface area contributed by atoms with Crippen molar-refractivity contribution in [1.82, 2.24) is 0 Å². The molecule has 4 heteroatoms. The van der Waals surface area contributed by atoms with Crippen molar-refractivity contribution in [3.63, 3.8) is 0 Å². The summed E-state index contributed by atoms with van der Waals surface area (Å²) >= 11 is 0. The first kappa shape index (κ1) is 13.2. The van der Waals surface area contributed by atoms with Gasteiger partial charge in [0, 0.05) is 5.41 Å². The van der Waals surface area contributed by atoms with Gasteiger partial charge in [-0.3, -0.25) is 4.79 Å². The number of ether oxygens (including phenoxy) is 2. The van der Waals surface area contributed by atoms with E-state index in [1.807, 2.05) is 26.8 Å². The fraction of sp³-hybridized carbons (Fsp3) is 0.500. The molecule has 2 fully saturated rings. The van der Waals surface area contributed by atoms with Crippen LogP contribution in [-0.4, -0.2) is 17.5 Å². The Kier molecular flexibility index (Phi) is 2.53. The van der Waals surface area contributed by atoms with Crippen LogP contribution in [0, 0.1) is 10.8 Å². The number of esters is 2. The molecular weight excluding hydrogens is 256 g/mol. The zero-order valence-electron chi connectivity index (χ0n) is 11.9. The van der Waals surface area contributed by atoms with Gasteiger partial charge < -0.3 is 9.47 Å². The topological polar surface area (TPSA) is 52.6 Å². The SMILES string of the molecule is CC1(C)[C@@]2(C)CC[C@]1(C(=O)Oc1ccccc1)OC2=O. The molecule has 0 unspecified atom stereocenters. The maximum Gasteiger partial charge on any atom is 0.356 e. The molecule has 1 saturated heterocycles. The van der Waals surface area contributed by atoms with Crippen molar-refractivity contribution in [2.45, 2.75) is 39.2 Å². The molecule has 0 radical (unpaired) electrons. The number of carbonyl (C=O) groups is 2. The van der Waals surface area contributed by atoms with E-state index in [-0.39, 0.29) is 5.97 Å². The molecule has 20 heavy (non-hydrogen) atoms. The third-order valence-corrected chi connectivity index (χ3v) is 5.37. The van der Waals surface area contributed by atoms with Gasteiger partial charge in [0.2, 0.25) is 5.60 Å². The molecule has 0 amide bonds. The van der Waals surface area contributed by atoms with E-state index >= 15 is 0 Å². The maximum atomic E-state index is 12.6. The van der Waals surface area contributed by atoms with Crippen LogP contribution in [-0.2, 0) is 14.3 Å². The number of hydrogen-bond donors (Lipinski definition) is 0. The van der Waals surface area contributed by atoms with E-state index in [1.54, 1.807) is 24.3 Å². The summed E-state index contributed by atoms with van der Waals surface area (Å²) in [5.74, 6) is -0.290. The summed E-state index contributed by atoms with van der Waals surface area (Å²) in [6, 6.07) is 8.87. The van der Waals surface area contributed by atoms with E-state index < -0.39 is 22.4 Å². The molecule has 1 aromatic carbocycles. The van der Waals surface area contributed by atoms with Crippen LogP contribution in [0.1, 0.15) is 33.6 Å². The Morgan fingerprint density at radius 3 is 2.30 bits per heavy atom. The van der Waals surface area contributed by atoms with Gasteiger partial charge in [-0.2, -0.15) is 0 Å². The van der Waals surface area contributed by atoms with Crippen molar-refractivity contribution in [2.75, 3.05) is 0 Å². The van der Waals surface area contributed by atoms with Crippen LogP contribution < -0.4 is 4.74 Å². The lowest BCUT2D eigenvalue weighted by molar-refractivity contribution is -0.176. The highest BCUT2D eigenvalue weighted by Gasteiger charge is 2.76. The summed E-state index contributed by atoms with van der Waals surface area (Å²) in [5, 5.41) is 0. The highest BCUT2D eigenvalue weighted by molar-refractivity contribution is 5.94. The first-order valence-corrected chi connectivity index (χ1v) is 6.84. The summed E-state index contributed by atoms with van der Waals surface area (Å²) in [6.45, 7) is 5.70. The summed E-state index contributed by atoms with van der Waals surface area (Å²) in [4.78, 5) is 24.7. The Morgan fingerprint density at radius 2 is 1.80 bits per heavy atom. The van der Waals surface area contributed by atoms with Crippen molar-refractivity contribution in [2.24, 2.45) is 10.8 Å². The van der Waals surface area contributed by atoms with Crippen molar-refractivity contribution in [1.29, 1.82) is 0 Å². The zero-order chi connectivity index (χ0) is 14.6. The molecule has 1 aliphatic heterocycles. The lowest BCUT2D eigenvalue weighted by Crippen LogP contribution is -2.50. The lowest BCUT2D eigenvalue weighted by atomic mass is 9.66. The standard InChI is InChI=1S/C16H18O4/c1-14(2)15(3)9-10-16(14,20-12(15)17)13(18)19-11-7-5-4-6-8-11/h4-8H,9-10H2,1-3H3/t15-,16+/m0/s1. The molecule has 2 bridgehead atoms. The zero-order valence-corrected chi connectivity index (χ0v) is 11.9. The third kappa shape index (κ3) is 1.37. The number of hydrogen-bond acceptors (Lipinski definition) is 4. The minimum absolute atomic E-state index is 0.293. The Balaban J connectivity index is 1.94. The summed E-state index contributed by atoms with van der Waals surface area (Å²) in [6.07, 6.45) is 1.18. The Labute approximate surface area is 118 Å². The first-order valence-electron chi connectivity index (χ1n) is 6.84. The Hall–Kier alpha value is -1.84. The van der Waals surface area contributed by atoms with Crippen LogP contribution in [0.4, 0.5) is 0 Å². The summed E-state index contributed by atoms with van der Waals surface area (Å²) in [5.41, 5.74) is -2.33. The van der Waals surface area contributed by atoms with Crippen LogP contribution in [0.15, 0.2) is 30.3 Å². The largest absolute Gasteiger partial charge is 0.446 e. The monoisotopic (exact) mass is 274 g/mol. The molecule has 0 spiro atoms. The minimum atomic E-state index is -1.16. The Morgan fingerprint density at radius 1 is 1.15 bits per heavy atom. The van der Waals surface area contributed by atoms with E-state index in [1.165, 1.54) is 0 Å². The number of carbonyl (C=O) groups excluding carboxylic acids is 2. The van der Waals surface area contributed by atoms with Gasteiger partial charge in [0.05, 0.1) is 5.41 Å². The van der Waals surface area contributed by atoms with Gasteiger partial charge >= 0.3 is 11.9 Å². The Bertz CT molecular complexity index is 577. The fourth-order valence-corrected chi connectivity index (χ4v) is 3.38. The van der Waals surface area contributed by atoms with Crippen molar-refractivity contribution in [3.05, 3.63) is 30.3 Å². The predicted molar refractivity (Wildman–Crippen MR) is 72.0 cm³/mol.